The predicted octanol–water partition coefficient (Wildman–Crippen LogP) is 2.73. The Kier molecular flexibility index (Phi) is 3.40. The summed E-state index contributed by atoms with van der Waals surface area (Å²) in [6, 6.07) is 4.94. The van der Waals surface area contributed by atoms with Crippen LogP contribution in [0, 0.1) is 14.8 Å². The van der Waals surface area contributed by atoms with Gasteiger partial charge in [-0.05, 0) is 48.6 Å². The van der Waals surface area contributed by atoms with Crippen LogP contribution in [0.25, 0.3) is 0 Å². The fourth-order valence-electron chi connectivity index (χ4n) is 1.62. The SMILES string of the molecule is CC1(C)CON(Cc2ccc(I)cc2F)C1=O. The first-order valence-corrected chi connectivity index (χ1v) is 6.37. The fourth-order valence-corrected chi connectivity index (χ4v) is 2.07. The highest BCUT2D eigenvalue weighted by Crippen LogP contribution is 2.28. The highest BCUT2D eigenvalue weighted by atomic mass is 127. The van der Waals surface area contributed by atoms with Gasteiger partial charge in [0.05, 0.1) is 18.6 Å². The molecule has 0 radical (unpaired) electrons. The van der Waals surface area contributed by atoms with Crippen LogP contribution in [0.2, 0.25) is 0 Å². The molecular formula is C12H13FINO2. The summed E-state index contributed by atoms with van der Waals surface area (Å²) in [6.07, 6.45) is 0. The smallest absolute Gasteiger partial charge is 0.254 e. The largest absolute Gasteiger partial charge is 0.272 e. The Morgan fingerprint density at radius 2 is 2.24 bits per heavy atom. The van der Waals surface area contributed by atoms with E-state index < -0.39 is 5.41 Å². The maximum absolute atomic E-state index is 13.6. The van der Waals surface area contributed by atoms with Crippen molar-refractivity contribution in [1.82, 2.24) is 5.06 Å². The number of hydrogen-bond acceptors (Lipinski definition) is 2. The van der Waals surface area contributed by atoms with E-state index in [9.17, 15) is 9.18 Å². The van der Waals surface area contributed by atoms with E-state index in [1.807, 2.05) is 42.5 Å². The van der Waals surface area contributed by atoms with Crippen molar-refractivity contribution in [2.24, 2.45) is 5.41 Å². The molecule has 0 aromatic heterocycles. The molecule has 1 aliphatic rings. The molecule has 3 nitrogen and oxygen atoms in total. The molecule has 5 heteroatoms. The van der Waals surface area contributed by atoms with Crippen molar-refractivity contribution in [2.45, 2.75) is 20.4 Å². The van der Waals surface area contributed by atoms with Gasteiger partial charge in [0.2, 0.25) is 0 Å². The third-order valence-electron chi connectivity index (χ3n) is 2.72. The number of nitrogens with zero attached hydrogens (tertiary/aromatic N) is 1. The van der Waals surface area contributed by atoms with Crippen LogP contribution in [-0.4, -0.2) is 17.6 Å². The molecule has 0 unspecified atom stereocenters. The third kappa shape index (κ3) is 2.60. The van der Waals surface area contributed by atoms with E-state index in [1.165, 1.54) is 11.1 Å². The second-order valence-electron chi connectivity index (χ2n) is 4.73. The van der Waals surface area contributed by atoms with Crippen molar-refractivity contribution in [3.05, 3.63) is 33.1 Å². The van der Waals surface area contributed by atoms with Crippen LogP contribution in [0.15, 0.2) is 18.2 Å². The topological polar surface area (TPSA) is 29.5 Å². The summed E-state index contributed by atoms with van der Waals surface area (Å²) < 4.78 is 14.5. The Morgan fingerprint density at radius 3 is 2.76 bits per heavy atom. The summed E-state index contributed by atoms with van der Waals surface area (Å²) in [7, 11) is 0. The first kappa shape index (κ1) is 12.8. The van der Waals surface area contributed by atoms with Gasteiger partial charge < -0.3 is 0 Å². The first-order valence-electron chi connectivity index (χ1n) is 5.29. The van der Waals surface area contributed by atoms with Gasteiger partial charge in [-0.25, -0.2) is 9.45 Å². The van der Waals surface area contributed by atoms with Gasteiger partial charge in [0, 0.05) is 9.13 Å². The van der Waals surface area contributed by atoms with Crippen molar-refractivity contribution in [3.63, 3.8) is 0 Å². The van der Waals surface area contributed by atoms with Gasteiger partial charge in [0.25, 0.3) is 5.91 Å². The van der Waals surface area contributed by atoms with E-state index in [0.29, 0.717) is 12.2 Å². The molecule has 1 fully saturated rings. The second kappa shape index (κ2) is 4.53. The molecule has 1 aromatic carbocycles. The molecule has 1 saturated heterocycles. The van der Waals surface area contributed by atoms with Crippen molar-refractivity contribution in [1.29, 1.82) is 0 Å². The number of halogens is 2. The quantitative estimate of drug-likeness (QED) is 0.769. The van der Waals surface area contributed by atoms with Crippen LogP contribution in [-0.2, 0) is 16.2 Å². The minimum Gasteiger partial charge on any atom is -0.272 e. The maximum atomic E-state index is 13.6. The van der Waals surface area contributed by atoms with E-state index in [1.54, 1.807) is 6.07 Å². The average molecular weight is 349 g/mol. The predicted molar refractivity (Wildman–Crippen MR) is 69.4 cm³/mol. The lowest BCUT2D eigenvalue weighted by Gasteiger charge is -2.16. The summed E-state index contributed by atoms with van der Waals surface area (Å²) in [5.74, 6) is -0.409. The Morgan fingerprint density at radius 1 is 1.53 bits per heavy atom. The van der Waals surface area contributed by atoms with E-state index in [4.69, 9.17) is 4.84 Å². The van der Waals surface area contributed by atoms with Gasteiger partial charge in [-0.15, -0.1) is 0 Å². The summed E-state index contributed by atoms with van der Waals surface area (Å²) in [5.41, 5.74) is -0.0453. The third-order valence-corrected chi connectivity index (χ3v) is 3.39. The zero-order valence-corrected chi connectivity index (χ0v) is 11.8. The molecule has 0 N–H and O–H groups in total. The first-order chi connectivity index (χ1) is 7.90. The molecule has 1 aliphatic heterocycles. The monoisotopic (exact) mass is 349 g/mol. The Balaban J connectivity index is 2.15. The Labute approximate surface area is 113 Å². The standard InChI is InChI=1S/C12H13FINO2/c1-12(2)7-17-15(11(12)16)6-8-3-4-9(14)5-10(8)13/h3-5H,6-7H2,1-2H3. The number of carbonyl (C=O) groups excluding carboxylic acids is 1. The summed E-state index contributed by atoms with van der Waals surface area (Å²) >= 11 is 2.04. The molecule has 17 heavy (non-hydrogen) atoms. The lowest BCUT2D eigenvalue weighted by molar-refractivity contribution is -0.165. The molecule has 92 valence electrons. The number of rotatable bonds is 2. The van der Waals surface area contributed by atoms with Gasteiger partial charge >= 0.3 is 0 Å². The summed E-state index contributed by atoms with van der Waals surface area (Å²) in [6.45, 7) is 4.14. The van der Waals surface area contributed by atoms with Crippen LogP contribution in [0.4, 0.5) is 4.39 Å². The van der Waals surface area contributed by atoms with Gasteiger partial charge in [0.15, 0.2) is 0 Å². The highest BCUT2D eigenvalue weighted by molar-refractivity contribution is 14.1. The molecule has 1 heterocycles. The summed E-state index contributed by atoms with van der Waals surface area (Å²) in [5, 5.41) is 1.24. The molecule has 0 spiro atoms. The molecule has 0 aliphatic carbocycles. The molecule has 0 saturated carbocycles. The molecule has 2 rings (SSSR count). The van der Waals surface area contributed by atoms with E-state index >= 15 is 0 Å². The van der Waals surface area contributed by atoms with Crippen molar-refractivity contribution in [2.75, 3.05) is 6.61 Å². The van der Waals surface area contributed by atoms with Crippen LogP contribution < -0.4 is 0 Å². The molecular weight excluding hydrogens is 336 g/mol. The van der Waals surface area contributed by atoms with Gasteiger partial charge in [-0.1, -0.05) is 6.07 Å². The van der Waals surface area contributed by atoms with Crippen molar-refractivity contribution in [3.8, 4) is 0 Å². The van der Waals surface area contributed by atoms with Gasteiger partial charge in [-0.3, -0.25) is 9.63 Å². The Hall–Kier alpha value is -0.690. The molecule has 0 bridgehead atoms. The van der Waals surface area contributed by atoms with E-state index in [0.717, 1.165) is 3.57 Å². The summed E-state index contributed by atoms with van der Waals surface area (Å²) in [4.78, 5) is 17.2. The number of hydroxylamine groups is 2. The molecule has 0 atom stereocenters. The second-order valence-corrected chi connectivity index (χ2v) is 5.98. The molecule has 1 amide bonds. The van der Waals surface area contributed by atoms with Crippen molar-refractivity contribution < 1.29 is 14.0 Å². The van der Waals surface area contributed by atoms with Crippen molar-refractivity contribution >= 4 is 28.5 Å². The minimum absolute atomic E-state index is 0.101. The zero-order chi connectivity index (χ0) is 12.6. The minimum atomic E-state index is -0.514. The van der Waals surface area contributed by atoms with Crippen LogP contribution in [0.3, 0.4) is 0 Å². The van der Waals surface area contributed by atoms with E-state index in [2.05, 4.69) is 0 Å². The number of hydrogen-bond donors (Lipinski definition) is 0. The normalized spacial score (nSPS) is 18.8. The fraction of sp³-hybridized carbons (Fsp3) is 0.417. The maximum Gasteiger partial charge on any atom is 0.254 e. The lowest BCUT2D eigenvalue weighted by Crippen LogP contribution is -2.30. The van der Waals surface area contributed by atoms with Gasteiger partial charge in [0.1, 0.15) is 5.82 Å². The lowest BCUT2D eigenvalue weighted by atomic mass is 9.95. The average Bonchev–Trinajstić information content (AvgIpc) is 2.49. The highest BCUT2D eigenvalue weighted by Gasteiger charge is 2.40. The Bertz CT molecular complexity index is 462. The van der Waals surface area contributed by atoms with E-state index in [-0.39, 0.29) is 18.3 Å². The van der Waals surface area contributed by atoms with Crippen LogP contribution >= 0.6 is 22.6 Å². The number of amides is 1. The number of carbonyl (C=O) groups is 1. The van der Waals surface area contributed by atoms with Crippen LogP contribution in [0.5, 0.6) is 0 Å². The molecule has 1 aromatic rings. The van der Waals surface area contributed by atoms with Crippen LogP contribution in [0.1, 0.15) is 19.4 Å². The van der Waals surface area contributed by atoms with Gasteiger partial charge in [-0.2, -0.15) is 0 Å². The zero-order valence-electron chi connectivity index (χ0n) is 9.67. The number of benzene rings is 1.